The van der Waals surface area contributed by atoms with Crippen LogP contribution in [0, 0.1) is 0 Å². The first kappa shape index (κ1) is 14.0. The molecule has 1 rings (SSSR count). The third-order valence-corrected chi connectivity index (χ3v) is 3.20. The van der Waals surface area contributed by atoms with Crippen LogP contribution >= 0.6 is 11.6 Å². The van der Waals surface area contributed by atoms with Gasteiger partial charge in [-0.3, -0.25) is 0 Å². The summed E-state index contributed by atoms with van der Waals surface area (Å²) < 4.78 is 5.35. The molecule has 0 fully saturated rings. The summed E-state index contributed by atoms with van der Waals surface area (Å²) in [5.74, 6) is 1.40. The van der Waals surface area contributed by atoms with Crippen molar-refractivity contribution in [3.8, 4) is 5.75 Å². The topological polar surface area (TPSA) is 26.3 Å². The third-order valence-electron chi connectivity index (χ3n) is 2.97. The number of ether oxygens (including phenoxy) is 1. The molecule has 0 aliphatic rings. The summed E-state index contributed by atoms with van der Waals surface area (Å²) in [4.78, 5) is 11.1. The number of benzene rings is 1. The summed E-state index contributed by atoms with van der Waals surface area (Å²) in [5, 5.41) is 0.710. The normalized spacial score (nSPS) is 12.2. The molecule has 17 heavy (non-hydrogen) atoms. The summed E-state index contributed by atoms with van der Waals surface area (Å²) in [6, 6.07) is 5.64. The maximum Gasteiger partial charge on any atom is 0.129 e. The smallest absolute Gasteiger partial charge is 0.129 e. The van der Waals surface area contributed by atoms with Crippen LogP contribution in [0.1, 0.15) is 44.6 Å². The van der Waals surface area contributed by atoms with Crippen molar-refractivity contribution in [2.45, 2.75) is 39.0 Å². The quantitative estimate of drug-likeness (QED) is 0.760. The van der Waals surface area contributed by atoms with Crippen LogP contribution in [0.3, 0.4) is 0 Å². The fourth-order valence-corrected chi connectivity index (χ4v) is 2.16. The van der Waals surface area contributed by atoms with Gasteiger partial charge in [-0.1, -0.05) is 18.5 Å². The number of methoxy groups -OCH3 is 1. The molecule has 0 saturated carbocycles. The predicted octanol–water partition coefficient (Wildman–Crippen LogP) is 4.21. The molecule has 94 valence electrons. The average molecular weight is 255 g/mol. The van der Waals surface area contributed by atoms with E-state index in [1.165, 1.54) is 0 Å². The Morgan fingerprint density at radius 1 is 1.47 bits per heavy atom. The first-order valence-electron chi connectivity index (χ1n) is 5.91. The molecule has 2 nitrogen and oxygen atoms in total. The zero-order valence-corrected chi connectivity index (χ0v) is 11.4. The van der Waals surface area contributed by atoms with Gasteiger partial charge in [0, 0.05) is 11.4 Å². The van der Waals surface area contributed by atoms with E-state index in [4.69, 9.17) is 16.3 Å². The Bertz CT molecular complexity index is 388. The number of Topliss-reactive ketones (excluding diaryl/α,β-unsaturated/α-hetero) is 1. The second-order valence-corrected chi connectivity index (χ2v) is 4.67. The van der Waals surface area contributed by atoms with E-state index in [9.17, 15) is 4.79 Å². The van der Waals surface area contributed by atoms with Gasteiger partial charge in [0.2, 0.25) is 0 Å². The molecular formula is C14H19ClO2. The lowest BCUT2D eigenvalue weighted by Gasteiger charge is -2.18. The lowest BCUT2D eigenvalue weighted by atomic mass is 9.90. The van der Waals surface area contributed by atoms with Gasteiger partial charge in [0.1, 0.15) is 11.5 Å². The number of hydrogen-bond donors (Lipinski definition) is 0. The molecule has 0 radical (unpaired) electrons. The highest BCUT2D eigenvalue weighted by Gasteiger charge is 2.15. The molecule has 0 aliphatic heterocycles. The molecule has 1 atom stereocenters. The van der Waals surface area contributed by atoms with Crippen molar-refractivity contribution in [3.05, 3.63) is 28.8 Å². The molecule has 0 saturated heterocycles. The van der Waals surface area contributed by atoms with E-state index < -0.39 is 0 Å². The van der Waals surface area contributed by atoms with Gasteiger partial charge in [-0.05, 0) is 49.4 Å². The van der Waals surface area contributed by atoms with Crippen molar-refractivity contribution in [1.29, 1.82) is 0 Å². The molecule has 3 heteroatoms. The van der Waals surface area contributed by atoms with Crippen LogP contribution in [-0.2, 0) is 4.79 Å². The molecular weight excluding hydrogens is 236 g/mol. The predicted molar refractivity (Wildman–Crippen MR) is 71.0 cm³/mol. The molecule has 0 aromatic heterocycles. The highest BCUT2D eigenvalue weighted by atomic mass is 35.5. The number of hydrogen-bond acceptors (Lipinski definition) is 2. The fraction of sp³-hybridized carbons (Fsp3) is 0.500. The molecule has 0 heterocycles. The Kier molecular flexibility index (Phi) is 5.49. The molecule has 0 spiro atoms. The zero-order chi connectivity index (χ0) is 12.8. The number of ketones is 1. The van der Waals surface area contributed by atoms with Crippen LogP contribution in [0.4, 0.5) is 0 Å². The average Bonchev–Trinajstić information content (AvgIpc) is 2.30. The Hall–Kier alpha value is -1.02. The van der Waals surface area contributed by atoms with E-state index in [-0.39, 0.29) is 5.78 Å². The highest BCUT2D eigenvalue weighted by Crippen LogP contribution is 2.34. The van der Waals surface area contributed by atoms with E-state index in [0.29, 0.717) is 17.4 Å². The van der Waals surface area contributed by atoms with Crippen LogP contribution in [0.2, 0.25) is 5.02 Å². The Labute approximate surface area is 108 Å². The molecule has 1 aromatic rings. The second kappa shape index (κ2) is 6.65. The summed E-state index contributed by atoms with van der Waals surface area (Å²) in [6.45, 7) is 3.74. The van der Waals surface area contributed by atoms with E-state index in [0.717, 1.165) is 24.2 Å². The third kappa shape index (κ3) is 4.04. The zero-order valence-electron chi connectivity index (χ0n) is 10.6. The van der Waals surface area contributed by atoms with Crippen LogP contribution in [0.15, 0.2) is 18.2 Å². The fourth-order valence-electron chi connectivity index (χ4n) is 1.98. The van der Waals surface area contributed by atoms with Gasteiger partial charge in [-0.2, -0.15) is 0 Å². The van der Waals surface area contributed by atoms with Crippen molar-refractivity contribution in [3.63, 3.8) is 0 Å². The summed E-state index contributed by atoms with van der Waals surface area (Å²) in [7, 11) is 1.66. The van der Waals surface area contributed by atoms with E-state index in [2.05, 4.69) is 6.92 Å². The minimum absolute atomic E-state index is 0.226. The first-order chi connectivity index (χ1) is 8.08. The molecule has 0 aliphatic carbocycles. The van der Waals surface area contributed by atoms with Crippen molar-refractivity contribution < 1.29 is 9.53 Å². The van der Waals surface area contributed by atoms with Gasteiger partial charge in [-0.15, -0.1) is 0 Å². The van der Waals surface area contributed by atoms with E-state index in [1.54, 1.807) is 14.0 Å². The van der Waals surface area contributed by atoms with Crippen molar-refractivity contribution in [2.75, 3.05) is 7.11 Å². The summed E-state index contributed by atoms with van der Waals surface area (Å²) in [6.07, 6.45) is 2.43. The molecule has 1 aromatic carbocycles. The van der Waals surface area contributed by atoms with Crippen LogP contribution in [0.25, 0.3) is 0 Å². The van der Waals surface area contributed by atoms with Crippen molar-refractivity contribution in [2.24, 2.45) is 0 Å². The number of carbonyl (C=O) groups is 1. The largest absolute Gasteiger partial charge is 0.496 e. The maximum absolute atomic E-state index is 11.1. The molecule has 0 bridgehead atoms. The van der Waals surface area contributed by atoms with Crippen molar-refractivity contribution in [1.82, 2.24) is 0 Å². The van der Waals surface area contributed by atoms with Crippen LogP contribution in [-0.4, -0.2) is 12.9 Å². The van der Waals surface area contributed by atoms with E-state index >= 15 is 0 Å². The van der Waals surface area contributed by atoms with Gasteiger partial charge < -0.3 is 9.53 Å². The maximum atomic E-state index is 11.1. The molecule has 0 N–H and O–H groups in total. The Morgan fingerprint density at radius 3 is 2.71 bits per heavy atom. The monoisotopic (exact) mass is 254 g/mol. The first-order valence-corrected chi connectivity index (χ1v) is 6.29. The van der Waals surface area contributed by atoms with Crippen molar-refractivity contribution >= 4 is 17.4 Å². The lowest BCUT2D eigenvalue weighted by molar-refractivity contribution is -0.117. The molecule has 1 unspecified atom stereocenters. The minimum Gasteiger partial charge on any atom is -0.496 e. The number of rotatable bonds is 6. The SMILES string of the molecule is CCC(CCC(C)=O)c1cc(Cl)ccc1OC. The van der Waals surface area contributed by atoms with Gasteiger partial charge >= 0.3 is 0 Å². The Balaban J connectivity index is 2.93. The van der Waals surface area contributed by atoms with Gasteiger partial charge in [0.15, 0.2) is 0 Å². The minimum atomic E-state index is 0.226. The highest BCUT2D eigenvalue weighted by molar-refractivity contribution is 6.30. The van der Waals surface area contributed by atoms with Crippen LogP contribution in [0.5, 0.6) is 5.75 Å². The Morgan fingerprint density at radius 2 is 2.18 bits per heavy atom. The molecule has 0 amide bonds. The van der Waals surface area contributed by atoms with Crippen LogP contribution < -0.4 is 4.74 Å². The standard InChI is InChI=1S/C14H19ClO2/c1-4-11(6-5-10(2)16)13-9-12(15)7-8-14(13)17-3/h7-9,11H,4-6H2,1-3H3. The number of halogens is 1. The summed E-state index contributed by atoms with van der Waals surface area (Å²) in [5.41, 5.74) is 1.10. The second-order valence-electron chi connectivity index (χ2n) is 4.23. The van der Waals surface area contributed by atoms with Gasteiger partial charge in [0.05, 0.1) is 7.11 Å². The van der Waals surface area contributed by atoms with E-state index in [1.807, 2.05) is 18.2 Å². The lowest BCUT2D eigenvalue weighted by Crippen LogP contribution is -2.03. The number of carbonyl (C=O) groups excluding carboxylic acids is 1. The van der Waals surface area contributed by atoms with Gasteiger partial charge in [0.25, 0.3) is 0 Å². The summed E-state index contributed by atoms with van der Waals surface area (Å²) >= 11 is 6.02. The van der Waals surface area contributed by atoms with Gasteiger partial charge in [-0.25, -0.2) is 0 Å².